The Bertz CT molecular complexity index is 1260. The smallest absolute Gasteiger partial charge is 0.141 e. The number of anilines is 1. The second kappa shape index (κ2) is 10.9. The predicted octanol–water partition coefficient (Wildman–Crippen LogP) is 4.48. The quantitative estimate of drug-likeness (QED) is 0.334. The Morgan fingerprint density at radius 2 is 2.00 bits per heavy atom. The number of hydrogen-bond acceptors (Lipinski definition) is 6. The van der Waals surface area contributed by atoms with Crippen LogP contribution in [0.5, 0.6) is 0 Å². The Morgan fingerprint density at radius 1 is 1.14 bits per heavy atom. The van der Waals surface area contributed by atoms with Gasteiger partial charge in [0.25, 0.3) is 0 Å². The van der Waals surface area contributed by atoms with E-state index in [0.717, 1.165) is 86.1 Å². The first-order chi connectivity index (χ1) is 17.6. The highest BCUT2D eigenvalue weighted by atomic mass is 16.5. The van der Waals surface area contributed by atoms with Crippen molar-refractivity contribution in [1.82, 2.24) is 25.6 Å². The summed E-state index contributed by atoms with van der Waals surface area (Å²) in [6.07, 6.45) is 11.5. The maximum absolute atomic E-state index is 5.59. The zero-order valence-corrected chi connectivity index (χ0v) is 21.7. The van der Waals surface area contributed by atoms with Gasteiger partial charge in [0.1, 0.15) is 11.6 Å². The van der Waals surface area contributed by atoms with E-state index in [1.807, 2.05) is 13.2 Å². The van der Waals surface area contributed by atoms with Gasteiger partial charge in [0, 0.05) is 72.5 Å². The van der Waals surface area contributed by atoms with Gasteiger partial charge in [-0.3, -0.25) is 0 Å². The fourth-order valence-corrected chi connectivity index (χ4v) is 5.23. The molecule has 0 saturated carbocycles. The zero-order chi connectivity index (χ0) is 25.0. The molecule has 1 unspecified atom stereocenters. The van der Waals surface area contributed by atoms with E-state index in [1.54, 1.807) is 0 Å². The number of ether oxygens (including phenoxy) is 1. The average molecular weight is 487 g/mol. The summed E-state index contributed by atoms with van der Waals surface area (Å²) in [6.45, 7) is 8.75. The maximum Gasteiger partial charge on any atom is 0.141 e. The van der Waals surface area contributed by atoms with Gasteiger partial charge in [-0.05, 0) is 52.3 Å². The summed E-state index contributed by atoms with van der Waals surface area (Å²) in [7, 11) is 1.98. The lowest BCUT2D eigenvalue weighted by molar-refractivity contribution is 0.0903. The summed E-state index contributed by atoms with van der Waals surface area (Å²) in [6, 6.07) is 8.88. The molecule has 36 heavy (non-hydrogen) atoms. The summed E-state index contributed by atoms with van der Waals surface area (Å²) in [5.41, 5.74) is 5.43. The number of benzene rings is 1. The number of fused-ring (bicyclic) bond motifs is 1. The fourth-order valence-electron chi connectivity index (χ4n) is 5.23. The van der Waals surface area contributed by atoms with Crippen molar-refractivity contribution in [2.45, 2.75) is 44.6 Å². The van der Waals surface area contributed by atoms with E-state index in [4.69, 9.17) is 14.7 Å². The number of nitrogens with one attached hydrogen (secondary N) is 4. The zero-order valence-electron chi connectivity index (χ0n) is 21.7. The molecular weight excluding hydrogens is 448 g/mol. The van der Waals surface area contributed by atoms with Gasteiger partial charge in [-0.2, -0.15) is 0 Å². The molecular formula is C29H38N6O. The van der Waals surface area contributed by atoms with E-state index < -0.39 is 0 Å². The van der Waals surface area contributed by atoms with Crippen molar-refractivity contribution in [3.8, 4) is 11.3 Å². The minimum absolute atomic E-state index is 0.282. The van der Waals surface area contributed by atoms with Crippen molar-refractivity contribution in [2.24, 2.45) is 0 Å². The Morgan fingerprint density at radius 3 is 2.83 bits per heavy atom. The first kappa shape index (κ1) is 24.7. The van der Waals surface area contributed by atoms with E-state index in [2.05, 4.69) is 77.3 Å². The third-order valence-corrected chi connectivity index (χ3v) is 7.36. The van der Waals surface area contributed by atoms with Gasteiger partial charge in [0.2, 0.25) is 0 Å². The number of rotatable bonds is 9. The van der Waals surface area contributed by atoms with Gasteiger partial charge in [-0.1, -0.05) is 35.9 Å². The first-order valence-corrected chi connectivity index (χ1v) is 13.1. The topological polar surface area (TPSA) is 86.9 Å². The lowest BCUT2D eigenvalue weighted by Crippen LogP contribution is -2.32. The molecule has 0 radical (unpaired) electrons. The summed E-state index contributed by atoms with van der Waals surface area (Å²) in [4.78, 5) is 13.8. The van der Waals surface area contributed by atoms with Crippen LogP contribution in [0, 0.1) is 6.92 Å². The second-order valence-electron chi connectivity index (χ2n) is 10.2. The summed E-state index contributed by atoms with van der Waals surface area (Å²) in [5, 5.41) is 11.7. The highest BCUT2D eigenvalue weighted by Gasteiger charge is 2.32. The van der Waals surface area contributed by atoms with Gasteiger partial charge >= 0.3 is 0 Å². The first-order valence-electron chi connectivity index (χ1n) is 13.1. The van der Waals surface area contributed by atoms with Crippen molar-refractivity contribution < 1.29 is 4.74 Å². The molecule has 1 aliphatic carbocycles. The van der Waals surface area contributed by atoms with Crippen molar-refractivity contribution in [3.63, 3.8) is 0 Å². The number of H-pyrrole nitrogens is 1. The van der Waals surface area contributed by atoms with E-state index >= 15 is 0 Å². The summed E-state index contributed by atoms with van der Waals surface area (Å²) >= 11 is 0. The normalized spacial score (nSPS) is 20.6. The molecule has 1 fully saturated rings. The molecule has 2 aliphatic rings. The third kappa shape index (κ3) is 5.24. The van der Waals surface area contributed by atoms with Crippen LogP contribution in [0.1, 0.15) is 37.6 Å². The molecule has 0 spiro atoms. The van der Waals surface area contributed by atoms with Crippen LogP contribution in [-0.4, -0.2) is 60.9 Å². The molecule has 1 atom stereocenters. The van der Waals surface area contributed by atoms with Gasteiger partial charge in [0.15, 0.2) is 0 Å². The molecule has 0 amide bonds. The molecule has 2 aromatic heterocycles. The van der Waals surface area contributed by atoms with Crippen LogP contribution in [0.4, 0.5) is 5.82 Å². The molecule has 190 valence electrons. The van der Waals surface area contributed by atoms with Crippen LogP contribution in [0.2, 0.25) is 0 Å². The molecule has 1 aromatic carbocycles. The van der Waals surface area contributed by atoms with E-state index in [9.17, 15) is 0 Å². The van der Waals surface area contributed by atoms with Gasteiger partial charge in [-0.15, -0.1) is 0 Å². The molecule has 7 nitrogen and oxygen atoms in total. The monoisotopic (exact) mass is 486 g/mol. The molecule has 4 N–H and O–H groups in total. The molecule has 1 aliphatic heterocycles. The number of aromatic nitrogens is 3. The predicted molar refractivity (Wildman–Crippen MR) is 148 cm³/mol. The van der Waals surface area contributed by atoms with Crippen LogP contribution in [0.3, 0.4) is 0 Å². The Hall–Kier alpha value is -3.00. The van der Waals surface area contributed by atoms with E-state index in [0.29, 0.717) is 6.04 Å². The van der Waals surface area contributed by atoms with Crippen LogP contribution in [0.15, 0.2) is 54.3 Å². The van der Waals surface area contributed by atoms with E-state index in [1.165, 1.54) is 11.0 Å². The minimum atomic E-state index is -0.282. The highest BCUT2D eigenvalue weighted by Crippen LogP contribution is 2.38. The standard InChI is InChI=1S/C29H38N6O/c1-20-26(24-7-4-8-25-23(24)9-13-32-25)34-28(35-27(20)33-22-10-16-36-17-11-22)29(2)12-5-6-21(18-29)19-31-15-14-30-3/h4-9,12-13,22,30-32H,10-11,14-19H2,1-3H3,(H,33,34,35). The lowest BCUT2D eigenvalue weighted by Gasteiger charge is -2.31. The molecule has 3 aromatic rings. The van der Waals surface area contributed by atoms with E-state index in [-0.39, 0.29) is 5.41 Å². The number of nitrogens with zero attached hydrogens (tertiary/aromatic N) is 2. The van der Waals surface area contributed by atoms with Crippen LogP contribution < -0.4 is 16.0 Å². The molecule has 5 rings (SSSR count). The SMILES string of the molecule is CNCCNCC1=CC=CC(C)(c2nc(NC3CCOCC3)c(C)c(-c3cccc4[nH]ccc34)n2)C1. The fraction of sp³-hybridized carbons (Fsp3) is 0.448. The maximum atomic E-state index is 5.59. The van der Waals surface area contributed by atoms with Gasteiger partial charge in [-0.25, -0.2) is 9.97 Å². The van der Waals surface area contributed by atoms with Crippen LogP contribution >= 0.6 is 0 Å². The van der Waals surface area contributed by atoms with Crippen molar-refractivity contribution in [3.05, 3.63) is 65.7 Å². The number of hydrogen-bond donors (Lipinski definition) is 4. The van der Waals surface area contributed by atoms with Crippen LogP contribution in [0.25, 0.3) is 22.2 Å². The second-order valence-corrected chi connectivity index (χ2v) is 10.2. The number of likely N-dealkylation sites (N-methyl/N-ethyl adjacent to an activating group) is 1. The summed E-state index contributed by atoms with van der Waals surface area (Å²) < 4.78 is 5.59. The number of aromatic amines is 1. The molecule has 7 heteroatoms. The van der Waals surface area contributed by atoms with Crippen molar-refractivity contribution in [1.29, 1.82) is 0 Å². The van der Waals surface area contributed by atoms with Gasteiger partial charge in [0.05, 0.1) is 5.69 Å². The number of allylic oxidation sites excluding steroid dienone is 3. The largest absolute Gasteiger partial charge is 0.381 e. The van der Waals surface area contributed by atoms with Gasteiger partial charge < -0.3 is 25.7 Å². The summed E-state index contributed by atoms with van der Waals surface area (Å²) in [5.74, 6) is 1.80. The molecule has 1 saturated heterocycles. The minimum Gasteiger partial charge on any atom is -0.381 e. The van der Waals surface area contributed by atoms with Crippen molar-refractivity contribution in [2.75, 3.05) is 45.2 Å². The Kier molecular flexibility index (Phi) is 7.51. The third-order valence-electron chi connectivity index (χ3n) is 7.36. The molecule has 3 heterocycles. The highest BCUT2D eigenvalue weighted by molar-refractivity contribution is 5.95. The Labute approximate surface area is 213 Å². The van der Waals surface area contributed by atoms with Crippen LogP contribution in [-0.2, 0) is 10.2 Å². The van der Waals surface area contributed by atoms with Crippen molar-refractivity contribution >= 4 is 16.7 Å². The average Bonchev–Trinajstić information content (AvgIpc) is 3.38. The molecule has 0 bridgehead atoms. The Balaban J connectivity index is 1.52. The lowest BCUT2D eigenvalue weighted by atomic mass is 9.79.